The highest BCUT2D eigenvalue weighted by Crippen LogP contribution is 2.38. The first-order valence-corrected chi connectivity index (χ1v) is 9.60. The number of ether oxygens (including phenoxy) is 3. The maximum atomic E-state index is 13.5. The molecule has 3 aromatic rings. The lowest BCUT2D eigenvalue weighted by Gasteiger charge is -2.14. The summed E-state index contributed by atoms with van der Waals surface area (Å²) >= 11 is 0. The Morgan fingerprint density at radius 1 is 1.04 bits per heavy atom. The molecular weight excluding hydrogens is 354 g/mol. The average Bonchev–Trinajstić information content (AvgIpc) is 2.94. The summed E-state index contributed by atoms with van der Waals surface area (Å²) in [5, 5.41) is 0.753. The van der Waals surface area contributed by atoms with E-state index in [1.165, 1.54) is 24.3 Å². The van der Waals surface area contributed by atoms with Crippen LogP contribution in [0.3, 0.4) is 0 Å². The van der Waals surface area contributed by atoms with Crippen LogP contribution in [0, 0.1) is 6.92 Å². The van der Waals surface area contributed by atoms with Gasteiger partial charge >= 0.3 is 0 Å². The van der Waals surface area contributed by atoms with Crippen molar-refractivity contribution in [3.05, 3.63) is 48.2 Å². The summed E-state index contributed by atoms with van der Waals surface area (Å²) in [7, 11) is -0.960. The molecule has 0 amide bonds. The van der Waals surface area contributed by atoms with E-state index < -0.39 is 10.0 Å². The molecule has 1 aromatic heterocycles. The van der Waals surface area contributed by atoms with Crippen LogP contribution < -0.4 is 14.2 Å². The first-order valence-electron chi connectivity index (χ1n) is 8.16. The molecule has 138 valence electrons. The van der Waals surface area contributed by atoms with E-state index in [9.17, 15) is 8.42 Å². The normalized spacial score (nSPS) is 11.5. The van der Waals surface area contributed by atoms with Crippen LogP contribution in [0.15, 0.2) is 47.4 Å². The van der Waals surface area contributed by atoms with Gasteiger partial charge in [-0.1, -0.05) is 12.1 Å². The predicted octanol–water partition coefficient (Wildman–Crippen LogP) is 3.60. The van der Waals surface area contributed by atoms with Gasteiger partial charge in [-0.25, -0.2) is 12.4 Å². The number of nitrogens with zero attached hydrogens (tertiary/aromatic N) is 1. The summed E-state index contributed by atoms with van der Waals surface area (Å²) < 4.78 is 44.4. The predicted molar refractivity (Wildman–Crippen MR) is 100.0 cm³/mol. The Hall–Kier alpha value is -2.67. The second-order valence-corrected chi connectivity index (χ2v) is 7.41. The van der Waals surface area contributed by atoms with Crippen molar-refractivity contribution in [3.8, 4) is 17.2 Å². The summed E-state index contributed by atoms with van der Waals surface area (Å²) in [6.07, 6.45) is 0. The van der Waals surface area contributed by atoms with Crippen molar-refractivity contribution in [1.82, 2.24) is 3.97 Å². The van der Waals surface area contributed by atoms with Crippen molar-refractivity contribution in [1.29, 1.82) is 0 Å². The monoisotopic (exact) mass is 375 g/mol. The number of hydrogen-bond acceptors (Lipinski definition) is 5. The van der Waals surface area contributed by atoms with Crippen molar-refractivity contribution in [2.75, 3.05) is 20.8 Å². The SMILES string of the molecule is CCOc1c(C)n(S(=O)(=O)c2ccc(OC)cc2OC)c2ccccc12. The smallest absolute Gasteiger partial charge is 0.272 e. The molecule has 0 N–H and O–H groups in total. The van der Waals surface area contributed by atoms with Crippen LogP contribution in [-0.2, 0) is 10.0 Å². The van der Waals surface area contributed by atoms with Crippen molar-refractivity contribution in [2.24, 2.45) is 0 Å². The minimum absolute atomic E-state index is 0.0627. The van der Waals surface area contributed by atoms with Crippen LogP contribution in [0.25, 0.3) is 10.9 Å². The fraction of sp³-hybridized carbons (Fsp3) is 0.263. The second kappa shape index (κ2) is 6.92. The van der Waals surface area contributed by atoms with Crippen molar-refractivity contribution in [2.45, 2.75) is 18.7 Å². The van der Waals surface area contributed by atoms with Gasteiger partial charge in [0.1, 0.15) is 22.1 Å². The summed E-state index contributed by atoms with van der Waals surface area (Å²) in [5.41, 5.74) is 1.08. The van der Waals surface area contributed by atoms with Crippen molar-refractivity contribution >= 4 is 20.9 Å². The molecule has 0 aliphatic rings. The molecule has 0 bridgehead atoms. The van der Waals surface area contributed by atoms with Gasteiger partial charge in [-0.05, 0) is 38.1 Å². The number of rotatable bonds is 6. The van der Waals surface area contributed by atoms with Crippen LogP contribution >= 0.6 is 0 Å². The topological polar surface area (TPSA) is 66.8 Å². The van der Waals surface area contributed by atoms with Gasteiger partial charge in [0.25, 0.3) is 10.0 Å². The molecule has 6 nitrogen and oxygen atoms in total. The zero-order valence-electron chi connectivity index (χ0n) is 15.1. The lowest BCUT2D eigenvalue weighted by atomic mass is 10.2. The van der Waals surface area contributed by atoms with Crippen LogP contribution in [-0.4, -0.2) is 33.2 Å². The van der Waals surface area contributed by atoms with E-state index in [0.29, 0.717) is 29.3 Å². The molecule has 0 saturated heterocycles. The molecule has 2 aromatic carbocycles. The summed E-state index contributed by atoms with van der Waals surface area (Å²) in [5.74, 6) is 1.31. The third-order valence-electron chi connectivity index (χ3n) is 4.18. The minimum atomic E-state index is -3.91. The summed E-state index contributed by atoms with van der Waals surface area (Å²) in [6.45, 7) is 4.05. The highest BCUT2D eigenvalue weighted by atomic mass is 32.2. The number of methoxy groups -OCH3 is 2. The van der Waals surface area contributed by atoms with E-state index in [-0.39, 0.29) is 10.6 Å². The van der Waals surface area contributed by atoms with E-state index in [0.717, 1.165) is 5.39 Å². The first-order chi connectivity index (χ1) is 12.5. The van der Waals surface area contributed by atoms with Gasteiger partial charge in [-0.3, -0.25) is 0 Å². The van der Waals surface area contributed by atoms with Gasteiger partial charge in [0.2, 0.25) is 0 Å². The molecule has 0 spiro atoms. The average molecular weight is 375 g/mol. The van der Waals surface area contributed by atoms with Crippen molar-refractivity contribution < 1.29 is 22.6 Å². The molecule has 0 unspecified atom stereocenters. The van der Waals surface area contributed by atoms with E-state index in [4.69, 9.17) is 14.2 Å². The lowest BCUT2D eigenvalue weighted by Crippen LogP contribution is -2.15. The highest BCUT2D eigenvalue weighted by Gasteiger charge is 2.28. The van der Waals surface area contributed by atoms with Gasteiger partial charge in [-0.15, -0.1) is 0 Å². The largest absolute Gasteiger partial charge is 0.497 e. The number of benzene rings is 2. The molecule has 26 heavy (non-hydrogen) atoms. The fourth-order valence-corrected chi connectivity index (χ4v) is 4.73. The quantitative estimate of drug-likeness (QED) is 0.658. The zero-order chi connectivity index (χ0) is 18.9. The maximum absolute atomic E-state index is 13.5. The third kappa shape index (κ3) is 2.78. The molecular formula is C19H21NO5S. The van der Waals surface area contributed by atoms with E-state index in [1.807, 2.05) is 19.1 Å². The fourth-order valence-electron chi connectivity index (χ4n) is 3.03. The molecule has 3 rings (SSSR count). The minimum Gasteiger partial charge on any atom is -0.497 e. The van der Waals surface area contributed by atoms with Crippen LogP contribution in [0.4, 0.5) is 0 Å². The number of para-hydroxylation sites is 1. The Bertz CT molecular complexity index is 1050. The van der Waals surface area contributed by atoms with Gasteiger partial charge in [0.05, 0.1) is 32.0 Å². The van der Waals surface area contributed by atoms with Crippen molar-refractivity contribution in [3.63, 3.8) is 0 Å². The molecule has 0 radical (unpaired) electrons. The van der Waals surface area contributed by atoms with E-state index >= 15 is 0 Å². The maximum Gasteiger partial charge on any atom is 0.272 e. The number of hydrogen-bond donors (Lipinski definition) is 0. The van der Waals surface area contributed by atoms with Gasteiger partial charge < -0.3 is 14.2 Å². The molecule has 0 atom stereocenters. The Labute approximate surface area is 153 Å². The van der Waals surface area contributed by atoms with Gasteiger partial charge in [0.15, 0.2) is 0 Å². The highest BCUT2D eigenvalue weighted by molar-refractivity contribution is 7.90. The molecule has 0 aliphatic heterocycles. The Morgan fingerprint density at radius 3 is 2.42 bits per heavy atom. The van der Waals surface area contributed by atoms with Crippen LogP contribution in [0.5, 0.6) is 17.2 Å². The molecule has 0 aliphatic carbocycles. The second-order valence-electron chi connectivity index (χ2n) is 5.65. The lowest BCUT2D eigenvalue weighted by molar-refractivity contribution is 0.341. The molecule has 1 heterocycles. The van der Waals surface area contributed by atoms with E-state index in [1.54, 1.807) is 31.2 Å². The number of aromatic nitrogens is 1. The summed E-state index contributed by atoms with van der Waals surface area (Å²) in [6, 6.07) is 11.9. The summed E-state index contributed by atoms with van der Waals surface area (Å²) in [4.78, 5) is 0.0627. The van der Waals surface area contributed by atoms with Gasteiger partial charge in [-0.2, -0.15) is 0 Å². The molecule has 0 fully saturated rings. The zero-order valence-corrected chi connectivity index (χ0v) is 16.0. The molecule has 0 saturated carbocycles. The molecule has 7 heteroatoms. The van der Waals surface area contributed by atoms with E-state index in [2.05, 4.69) is 0 Å². The first kappa shape index (κ1) is 18.1. The third-order valence-corrected chi connectivity index (χ3v) is 6.02. The Morgan fingerprint density at radius 2 is 1.77 bits per heavy atom. The Kier molecular flexibility index (Phi) is 4.82. The Balaban J connectivity index is 2.31. The number of fused-ring (bicyclic) bond motifs is 1. The van der Waals surface area contributed by atoms with Crippen LogP contribution in [0.2, 0.25) is 0 Å². The standard InChI is InChI=1S/C19H21NO5S/c1-5-25-19-13(2)20(16-9-7-6-8-15(16)19)26(21,22)18-11-10-14(23-3)12-17(18)24-4/h6-12H,5H2,1-4H3. The van der Waals surface area contributed by atoms with Gasteiger partial charge in [0, 0.05) is 11.5 Å². The van der Waals surface area contributed by atoms with Crippen LogP contribution in [0.1, 0.15) is 12.6 Å².